The predicted molar refractivity (Wildman–Crippen MR) is 191 cm³/mol. The van der Waals surface area contributed by atoms with Crippen molar-refractivity contribution in [2.45, 2.75) is 63.6 Å². The Morgan fingerprint density at radius 3 is 1.47 bits per heavy atom. The summed E-state index contributed by atoms with van der Waals surface area (Å²) in [5.41, 5.74) is 5.24. The quantitative estimate of drug-likeness (QED) is 0.118. The van der Waals surface area contributed by atoms with E-state index in [1.165, 1.54) is 0 Å². The Labute approximate surface area is 298 Å². The van der Waals surface area contributed by atoms with Crippen LogP contribution in [0.25, 0.3) is 0 Å². The lowest BCUT2D eigenvalue weighted by Gasteiger charge is -2.46. The number of aliphatic hydroxyl groups is 1. The van der Waals surface area contributed by atoms with E-state index in [9.17, 15) is 5.11 Å². The first-order chi connectivity index (χ1) is 24.1. The molecule has 1 aliphatic rings. The molecule has 1 saturated heterocycles. The summed E-state index contributed by atoms with van der Waals surface area (Å²) in [5, 5.41) is 10.9. The lowest BCUT2D eigenvalue weighted by Crippen LogP contribution is -2.58. The molecule has 1 heterocycles. The Morgan fingerprint density at radius 1 is 0.531 bits per heavy atom. The van der Waals surface area contributed by atoms with Gasteiger partial charge in [-0.1, -0.05) is 145 Å². The summed E-state index contributed by atoms with van der Waals surface area (Å²) < 4.78 is 33.6. The fourth-order valence-corrected chi connectivity index (χ4v) is 6.54. The van der Waals surface area contributed by atoms with Crippen molar-refractivity contribution in [2.24, 2.45) is 0 Å². The topological polar surface area (TPSA) is 66.4 Å². The molecule has 0 bridgehead atoms. The highest BCUT2D eigenvalue weighted by Crippen LogP contribution is 2.42. The van der Waals surface area contributed by atoms with E-state index in [-0.39, 0.29) is 13.2 Å². The van der Waals surface area contributed by atoms with E-state index in [4.69, 9.17) is 46.9 Å². The second kappa shape index (κ2) is 17.9. The van der Waals surface area contributed by atoms with Gasteiger partial charge in [-0.05, 0) is 39.9 Å². The van der Waals surface area contributed by atoms with E-state index in [0.29, 0.717) is 47.6 Å². The molecule has 5 aromatic rings. The van der Waals surface area contributed by atoms with Crippen LogP contribution in [-0.2, 0) is 56.7 Å². The first-order valence-corrected chi connectivity index (χ1v) is 17.2. The molecular weight excluding hydrogens is 659 g/mol. The third-order valence-electron chi connectivity index (χ3n) is 8.53. The first-order valence-electron chi connectivity index (χ1n) is 16.4. The summed E-state index contributed by atoms with van der Waals surface area (Å²) in [4.78, 5) is 0. The molecular formula is C41H40Cl2O6. The number of ether oxygens (including phenoxy) is 5. The molecule has 5 aromatic carbocycles. The summed E-state index contributed by atoms with van der Waals surface area (Å²) >= 11 is 13.4. The minimum Gasteiger partial charge on any atom is -0.392 e. The summed E-state index contributed by atoms with van der Waals surface area (Å²) in [7, 11) is 0. The summed E-state index contributed by atoms with van der Waals surface area (Å²) in [6, 6.07) is 43.4. The molecule has 1 aliphatic heterocycles. The Morgan fingerprint density at radius 2 is 0.980 bits per heavy atom. The number of hydrogen-bond acceptors (Lipinski definition) is 6. The highest BCUT2D eigenvalue weighted by atomic mass is 35.5. The normalized spacial score (nSPS) is 20.7. The van der Waals surface area contributed by atoms with Gasteiger partial charge in [0, 0.05) is 15.6 Å². The molecule has 6 nitrogen and oxygen atoms in total. The van der Waals surface area contributed by atoms with Gasteiger partial charge in [-0.3, -0.25) is 0 Å². The van der Waals surface area contributed by atoms with Crippen LogP contribution in [0.5, 0.6) is 0 Å². The number of rotatable bonds is 15. The van der Waals surface area contributed by atoms with Crippen molar-refractivity contribution in [3.8, 4) is 0 Å². The Hall–Kier alpha value is -3.56. The van der Waals surface area contributed by atoms with Crippen molar-refractivity contribution in [1.29, 1.82) is 0 Å². The van der Waals surface area contributed by atoms with Gasteiger partial charge < -0.3 is 28.8 Å². The van der Waals surface area contributed by atoms with Crippen molar-refractivity contribution >= 4 is 23.2 Å². The highest BCUT2D eigenvalue weighted by molar-refractivity contribution is 6.35. The molecule has 1 fully saturated rings. The monoisotopic (exact) mass is 698 g/mol. The van der Waals surface area contributed by atoms with Crippen LogP contribution in [0, 0.1) is 0 Å². The second-order valence-corrected chi connectivity index (χ2v) is 12.8. The highest BCUT2D eigenvalue weighted by Gasteiger charge is 2.49. The van der Waals surface area contributed by atoms with E-state index < -0.39 is 30.5 Å². The molecule has 49 heavy (non-hydrogen) atoms. The van der Waals surface area contributed by atoms with Crippen LogP contribution in [0.2, 0.25) is 10.0 Å². The van der Waals surface area contributed by atoms with Gasteiger partial charge in [-0.25, -0.2) is 0 Å². The zero-order valence-electron chi connectivity index (χ0n) is 27.1. The van der Waals surface area contributed by atoms with Gasteiger partial charge >= 0.3 is 0 Å². The Bertz CT molecular complexity index is 1710. The largest absolute Gasteiger partial charge is 0.392 e. The van der Waals surface area contributed by atoms with Crippen LogP contribution in [0.3, 0.4) is 0 Å². The van der Waals surface area contributed by atoms with Gasteiger partial charge in [0.15, 0.2) is 0 Å². The maximum Gasteiger partial charge on any atom is 0.117 e. The zero-order valence-corrected chi connectivity index (χ0v) is 28.6. The molecule has 0 spiro atoms. The van der Waals surface area contributed by atoms with Crippen LogP contribution in [-0.4, -0.2) is 36.1 Å². The van der Waals surface area contributed by atoms with E-state index >= 15 is 0 Å². The molecule has 254 valence electrons. The van der Waals surface area contributed by atoms with Gasteiger partial charge in [-0.2, -0.15) is 0 Å². The van der Waals surface area contributed by atoms with Crippen LogP contribution >= 0.6 is 23.2 Å². The molecule has 1 unspecified atom stereocenters. The smallest absolute Gasteiger partial charge is 0.117 e. The van der Waals surface area contributed by atoms with Gasteiger partial charge in [0.1, 0.15) is 30.5 Å². The average molecular weight is 700 g/mol. The molecule has 0 amide bonds. The van der Waals surface area contributed by atoms with Crippen molar-refractivity contribution in [1.82, 2.24) is 0 Å². The molecule has 0 aliphatic carbocycles. The van der Waals surface area contributed by atoms with Crippen LogP contribution in [0.1, 0.15) is 39.5 Å². The van der Waals surface area contributed by atoms with Crippen LogP contribution in [0.15, 0.2) is 133 Å². The number of benzene rings is 5. The molecule has 0 saturated carbocycles. The standard InChI is InChI=1S/C41H40Cl2O6/c42-35-22-36(43)34(21-33(35)23-44)38-40(47-26-31-17-9-3-10-18-31)41(48-27-32-19-11-4-12-20-32)39(46-25-30-15-7-2-8-16-30)37(49-38)28-45-24-29-13-5-1-6-14-29/h1-22,37-41,44H,23-28H2/t37-,38?,39-,40+,41+/m1/s1. The third kappa shape index (κ3) is 9.57. The second-order valence-electron chi connectivity index (χ2n) is 12.0. The minimum absolute atomic E-state index is 0.222. The van der Waals surface area contributed by atoms with E-state index in [1.807, 2.05) is 121 Å². The fraction of sp³-hybridized carbons (Fsp3) is 0.268. The molecule has 5 atom stereocenters. The van der Waals surface area contributed by atoms with E-state index in [0.717, 1.165) is 22.3 Å². The predicted octanol–water partition coefficient (Wildman–Crippen LogP) is 8.90. The fourth-order valence-electron chi connectivity index (χ4n) is 5.99. The molecule has 0 radical (unpaired) electrons. The van der Waals surface area contributed by atoms with Gasteiger partial charge in [0.05, 0.1) is 39.6 Å². The Kier molecular flexibility index (Phi) is 12.9. The maximum atomic E-state index is 10.1. The van der Waals surface area contributed by atoms with Crippen molar-refractivity contribution in [2.75, 3.05) is 6.61 Å². The third-order valence-corrected chi connectivity index (χ3v) is 9.21. The van der Waals surface area contributed by atoms with Gasteiger partial charge in [0.2, 0.25) is 0 Å². The lowest BCUT2D eigenvalue weighted by atomic mass is 9.89. The number of aliphatic hydroxyl groups excluding tert-OH is 1. The molecule has 0 aromatic heterocycles. The van der Waals surface area contributed by atoms with E-state index in [1.54, 1.807) is 12.1 Å². The molecule has 6 rings (SSSR count). The van der Waals surface area contributed by atoms with Crippen molar-refractivity contribution in [3.63, 3.8) is 0 Å². The summed E-state index contributed by atoms with van der Waals surface area (Å²) in [6.07, 6.45) is -3.14. The summed E-state index contributed by atoms with van der Waals surface area (Å²) in [6.45, 7) is 1.32. The average Bonchev–Trinajstić information content (AvgIpc) is 3.14. The zero-order chi connectivity index (χ0) is 33.8. The Balaban J connectivity index is 1.39. The lowest BCUT2D eigenvalue weighted by molar-refractivity contribution is -0.275. The van der Waals surface area contributed by atoms with Crippen molar-refractivity contribution in [3.05, 3.63) is 177 Å². The van der Waals surface area contributed by atoms with Gasteiger partial charge in [-0.15, -0.1) is 0 Å². The van der Waals surface area contributed by atoms with Crippen LogP contribution < -0.4 is 0 Å². The first kappa shape index (κ1) is 35.3. The van der Waals surface area contributed by atoms with Gasteiger partial charge in [0.25, 0.3) is 0 Å². The number of halogens is 2. The SMILES string of the molecule is OCc1cc(C2O[C@H](COCc3ccccc3)[C@@H](OCc3ccccc3)[C@H](OCc3ccccc3)[C@H]2OCc2ccccc2)c(Cl)cc1Cl. The molecule has 8 heteroatoms. The van der Waals surface area contributed by atoms with Crippen molar-refractivity contribution < 1.29 is 28.8 Å². The number of hydrogen-bond donors (Lipinski definition) is 1. The minimum atomic E-state index is -0.707. The maximum absolute atomic E-state index is 10.1. The summed E-state index contributed by atoms with van der Waals surface area (Å²) in [5.74, 6) is 0. The molecule has 1 N–H and O–H groups in total. The van der Waals surface area contributed by atoms with E-state index in [2.05, 4.69) is 0 Å². The van der Waals surface area contributed by atoms with Crippen LogP contribution in [0.4, 0.5) is 0 Å².